The lowest BCUT2D eigenvalue weighted by molar-refractivity contribution is -0.136. The van der Waals surface area contributed by atoms with Gasteiger partial charge in [-0.3, -0.25) is 24.4 Å². The Labute approximate surface area is 340 Å². The number of fused-ring (bicyclic) bond motifs is 1. The lowest BCUT2D eigenvalue weighted by atomic mass is 9.90. The summed E-state index contributed by atoms with van der Waals surface area (Å²) in [6.45, 7) is 1.64. The van der Waals surface area contributed by atoms with Gasteiger partial charge in [0, 0.05) is 61.3 Å². The summed E-state index contributed by atoms with van der Waals surface area (Å²) in [6, 6.07) is 0.993. The van der Waals surface area contributed by atoms with Gasteiger partial charge in [0.25, 0.3) is 5.91 Å². The molecule has 1 atom stereocenters. The van der Waals surface area contributed by atoms with E-state index in [1.807, 2.05) is 13.1 Å². The number of carbonyl (C=O) groups excluding carboxylic acids is 4. The van der Waals surface area contributed by atoms with E-state index in [2.05, 4.69) is 36.3 Å². The lowest BCUT2D eigenvalue weighted by Crippen LogP contribution is -2.52. The summed E-state index contributed by atoms with van der Waals surface area (Å²) in [6.07, 6.45) is 14.2. The summed E-state index contributed by atoms with van der Waals surface area (Å²) in [4.78, 5) is 74.5. The molecule has 1 unspecified atom stereocenters. The maximum Gasteiger partial charge on any atom is 0.407 e. The zero-order chi connectivity index (χ0) is 40.8. The van der Waals surface area contributed by atoms with E-state index in [1.165, 1.54) is 35.3 Å². The Bertz CT molecular complexity index is 1990. The Morgan fingerprint density at radius 2 is 1.76 bits per heavy atom. The largest absolute Gasteiger partial charge is 0.465 e. The average molecular weight is 821 g/mol. The number of urea groups is 1. The molecule has 6 amide bonds. The zero-order valence-electron chi connectivity index (χ0n) is 32.9. The van der Waals surface area contributed by atoms with Crippen molar-refractivity contribution in [1.29, 1.82) is 0 Å². The Hall–Kier alpha value is -5.13. The zero-order valence-corrected chi connectivity index (χ0v) is 33.8. The van der Waals surface area contributed by atoms with Crippen LogP contribution in [0.4, 0.5) is 19.9 Å². The minimum Gasteiger partial charge on any atom is -0.465 e. The van der Waals surface area contributed by atoms with Crippen molar-refractivity contribution >= 4 is 47.1 Å². The van der Waals surface area contributed by atoms with E-state index in [1.54, 1.807) is 15.8 Å². The van der Waals surface area contributed by atoms with Crippen molar-refractivity contribution in [2.45, 2.75) is 128 Å². The molecule has 312 valence electrons. The molecule has 0 aromatic carbocycles. The minimum atomic E-state index is -0.890. The van der Waals surface area contributed by atoms with Crippen LogP contribution in [0.15, 0.2) is 18.5 Å². The van der Waals surface area contributed by atoms with Crippen LogP contribution in [-0.2, 0) is 36.1 Å². The van der Waals surface area contributed by atoms with Gasteiger partial charge in [0.1, 0.15) is 11.7 Å². The van der Waals surface area contributed by atoms with Crippen LogP contribution in [0.2, 0.25) is 0 Å². The molecule has 5 heterocycles. The number of rotatable bonds is 18. The highest BCUT2D eigenvalue weighted by molar-refractivity contribution is 7.14. The molecule has 5 N–H and O–H groups in total. The third kappa shape index (κ3) is 10.1. The van der Waals surface area contributed by atoms with Crippen LogP contribution in [0.3, 0.4) is 0 Å². The fourth-order valence-electron chi connectivity index (χ4n) is 8.31. The van der Waals surface area contributed by atoms with Crippen LogP contribution in [0.25, 0.3) is 11.3 Å². The molecular formula is C40H53FN10O6S. The van der Waals surface area contributed by atoms with E-state index >= 15 is 0 Å². The van der Waals surface area contributed by atoms with Gasteiger partial charge in [0.15, 0.2) is 5.82 Å². The fraction of sp³-hybridized carbons (Fsp3) is 0.600. The van der Waals surface area contributed by atoms with Crippen molar-refractivity contribution in [3.8, 4) is 11.3 Å². The molecule has 3 fully saturated rings. The van der Waals surface area contributed by atoms with Crippen molar-refractivity contribution in [3.63, 3.8) is 0 Å². The molecule has 1 saturated heterocycles. The number of piperidine rings is 1. The quantitative estimate of drug-likeness (QED) is 0.0824. The normalized spacial score (nSPS) is 20.5. The fourth-order valence-corrected chi connectivity index (χ4v) is 9.37. The second kappa shape index (κ2) is 18.6. The molecule has 2 saturated carbocycles. The van der Waals surface area contributed by atoms with Gasteiger partial charge < -0.3 is 30.9 Å². The van der Waals surface area contributed by atoms with Gasteiger partial charge in [-0.15, -0.1) is 11.3 Å². The molecule has 2 aliphatic carbocycles. The predicted molar refractivity (Wildman–Crippen MR) is 213 cm³/mol. The molecule has 2 aliphatic heterocycles. The topological polar surface area (TPSA) is 204 Å². The molecule has 0 spiro atoms. The molecule has 3 aromatic heterocycles. The van der Waals surface area contributed by atoms with Crippen molar-refractivity contribution in [2.75, 3.05) is 18.4 Å². The highest BCUT2D eigenvalue weighted by atomic mass is 32.1. The van der Waals surface area contributed by atoms with E-state index in [-0.39, 0.29) is 42.0 Å². The second-order valence-electron chi connectivity index (χ2n) is 16.0. The summed E-state index contributed by atoms with van der Waals surface area (Å²) in [5.41, 5.74) is 2.77. The van der Waals surface area contributed by atoms with Gasteiger partial charge >= 0.3 is 12.1 Å². The van der Waals surface area contributed by atoms with Crippen LogP contribution < -0.4 is 21.3 Å². The van der Waals surface area contributed by atoms with Gasteiger partial charge in [0.05, 0.1) is 23.8 Å². The predicted octanol–water partition coefficient (Wildman–Crippen LogP) is 5.33. The molecule has 4 aliphatic rings. The maximum absolute atomic E-state index is 14.9. The summed E-state index contributed by atoms with van der Waals surface area (Å²) in [7, 11) is 1.88. The van der Waals surface area contributed by atoms with Crippen molar-refractivity contribution in [3.05, 3.63) is 45.3 Å². The first-order valence-corrected chi connectivity index (χ1v) is 21.4. The van der Waals surface area contributed by atoms with Gasteiger partial charge in [-0.05, 0) is 81.8 Å². The molecule has 0 bridgehead atoms. The second-order valence-corrected chi connectivity index (χ2v) is 17.1. The Balaban J connectivity index is 0.740. The highest BCUT2D eigenvalue weighted by Crippen LogP contribution is 2.36. The first kappa shape index (κ1) is 41.0. The standard InChI is InChI=1S/C40H53FN10O6S/c1-49-32(18-24-8-9-24)29(21-45-49)34-30(41)22-43-38(48-34)46-26-10-12-27(13-11-26)50(40(56)57)17-7-5-3-2-4-6-16-42-39(55)44-20-28-19-25-23-51(37(54)35(25)58-28)31-14-15-33(52)47-36(31)53/h19,21-22,24,26-27,31H,2-18,20,23H2,1H3,(H,56,57)(H2,42,44,55)(H,43,46,48)(H,47,52,53). The van der Waals surface area contributed by atoms with E-state index in [0.717, 1.165) is 86.8 Å². The Morgan fingerprint density at radius 1 is 1.00 bits per heavy atom. The Kier molecular flexibility index (Phi) is 13.2. The number of unbranched alkanes of at least 4 members (excludes halogenated alkanes) is 5. The molecule has 16 nitrogen and oxygen atoms in total. The number of aryl methyl sites for hydroxylation is 1. The van der Waals surface area contributed by atoms with Crippen LogP contribution >= 0.6 is 11.3 Å². The number of imide groups is 1. The monoisotopic (exact) mass is 820 g/mol. The molecule has 0 radical (unpaired) electrons. The van der Waals surface area contributed by atoms with Crippen LogP contribution in [-0.4, -0.2) is 95.7 Å². The number of thiophene rings is 1. The molecule has 18 heteroatoms. The van der Waals surface area contributed by atoms with Gasteiger partial charge in [-0.1, -0.05) is 25.7 Å². The number of carboxylic acid groups (broad SMARTS) is 1. The van der Waals surface area contributed by atoms with Crippen LogP contribution in [0.5, 0.6) is 0 Å². The number of halogens is 1. The van der Waals surface area contributed by atoms with Crippen LogP contribution in [0.1, 0.15) is 116 Å². The smallest absolute Gasteiger partial charge is 0.407 e. The number of nitrogens with zero attached hydrogens (tertiary/aromatic N) is 6. The number of anilines is 1. The van der Waals surface area contributed by atoms with Crippen molar-refractivity contribution in [1.82, 2.24) is 45.5 Å². The molecule has 3 aromatic rings. The minimum absolute atomic E-state index is 0.0450. The first-order valence-electron chi connectivity index (χ1n) is 20.6. The van der Waals surface area contributed by atoms with E-state index in [0.29, 0.717) is 54.9 Å². The third-order valence-electron chi connectivity index (χ3n) is 11.7. The molecular weight excluding hydrogens is 768 g/mol. The first-order chi connectivity index (χ1) is 28.0. The number of nitrogens with one attached hydrogen (secondary N) is 4. The molecule has 58 heavy (non-hydrogen) atoms. The van der Waals surface area contributed by atoms with E-state index in [4.69, 9.17) is 0 Å². The number of amides is 6. The average Bonchev–Trinajstić information content (AvgIpc) is 3.71. The van der Waals surface area contributed by atoms with Crippen molar-refractivity contribution < 1.29 is 33.5 Å². The third-order valence-corrected chi connectivity index (χ3v) is 12.9. The summed E-state index contributed by atoms with van der Waals surface area (Å²) in [5.74, 6) is -0.457. The Morgan fingerprint density at radius 3 is 2.48 bits per heavy atom. The van der Waals surface area contributed by atoms with Gasteiger partial charge in [-0.25, -0.2) is 23.9 Å². The molecule has 7 rings (SSSR count). The summed E-state index contributed by atoms with van der Waals surface area (Å²) in [5, 5.41) is 25.8. The number of hydrogen-bond acceptors (Lipinski definition) is 10. The number of aromatic nitrogens is 4. The number of carbonyl (C=O) groups is 5. The van der Waals surface area contributed by atoms with Gasteiger partial charge in [0.2, 0.25) is 17.8 Å². The highest BCUT2D eigenvalue weighted by Gasteiger charge is 2.40. The van der Waals surface area contributed by atoms with Crippen molar-refractivity contribution in [2.24, 2.45) is 13.0 Å². The summed E-state index contributed by atoms with van der Waals surface area (Å²) < 4.78 is 16.7. The number of hydrogen-bond donors (Lipinski definition) is 5. The van der Waals surface area contributed by atoms with E-state index < -0.39 is 23.9 Å². The van der Waals surface area contributed by atoms with E-state index in [9.17, 15) is 33.5 Å². The summed E-state index contributed by atoms with van der Waals surface area (Å²) >= 11 is 1.31. The van der Waals surface area contributed by atoms with Gasteiger partial charge in [-0.2, -0.15) is 5.10 Å². The maximum atomic E-state index is 14.9. The lowest BCUT2D eigenvalue weighted by Gasteiger charge is -2.35. The van der Waals surface area contributed by atoms with Crippen LogP contribution in [0, 0.1) is 11.7 Å². The SMILES string of the molecule is Cn1ncc(-c2nc(NC3CCC(N(CCCCCCCCNC(=O)NCc4cc5c(s4)C(=O)N(C4CCC(=O)NC4=O)C5)C(=O)O)CC3)ncc2F)c1CC1CC1.